The number of nitrogens with one attached hydrogen (secondary N) is 1. The number of fused-ring (bicyclic) bond motifs is 2. The van der Waals surface area contributed by atoms with E-state index in [0.29, 0.717) is 12.6 Å². The summed E-state index contributed by atoms with van der Waals surface area (Å²) < 4.78 is 5.74. The summed E-state index contributed by atoms with van der Waals surface area (Å²) in [6, 6.07) is 17.4. The molecule has 1 aliphatic carbocycles. The molecule has 0 fully saturated rings. The maximum absolute atomic E-state index is 6.23. The predicted octanol–water partition coefficient (Wildman–Crippen LogP) is 2.85. The van der Waals surface area contributed by atoms with Crippen molar-refractivity contribution in [3.8, 4) is 5.75 Å². The molecule has 2 aliphatic rings. The van der Waals surface area contributed by atoms with Gasteiger partial charge in [0, 0.05) is 17.6 Å². The molecule has 3 N–H and O–H groups in total. The first-order chi connectivity index (χ1) is 9.83. The van der Waals surface area contributed by atoms with Crippen molar-refractivity contribution in [2.24, 2.45) is 5.73 Å². The van der Waals surface area contributed by atoms with Gasteiger partial charge in [0.05, 0.1) is 6.04 Å². The van der Waals surface area contributed by atoms with Crippen LogP contribution in [0.1, 0.15) is 41.2 Å². The predicted molar refractivity (Wildman–Crippen MR) is 78.5 cm³/mol. The van der Waals surface area contributed by atoms with Gasteiger partial charge in [0.1, 0.15) is 12.4 Å². The van der Waals surface area contributed by atoms with E-state index in [1.807, 2.05) is 12.1 Å². The molecule has 4 rings (SSSR count). The Hall–Kier alpha value is -1.84. The first kappa shape index (κ1) is 11.9. The fourth-order valence-corrected chi connectivity index (χ4v) is 3.38. The highest BCUT2D eigenvalue weighted by Gasteiger charge is 2.32. The SMILES string of the molecule is NC1CC(NC2COc3ccccc32)c2ccccc21. The van der Waals surface area contributed by atoms with E-state index in [4.69, 9.17) is 10.5 Å². The van der Waals surface area contributed by atoms with Crippen molar-refractivity contribution in [2.45, 2.75) is 24.5 Å². The molecule has 20 heavy (non-hydrogen) atoms. The molecule has 3 atom stereocenters. The number of ether oxygens (including phenoxy) is 1. The zero-order chi connectivity index (χ0) is 13.5. The molecule has 3 heteroatoms. The van der Waals surface area contributed by atoms with Gasteiger partial charge in [-0.3, -0.25) is 5.32 Å². The van der Waals surface area contributed by atoms with E-state index in [9.17, 15) is 0 Å². The van der Waals surface area contributed by atoms with Crippen molar-refractivity contribution in [1.82, 2.24) is 5.32 Å². The highest BCUT2D eigenvalue weighted by Crippen LogP contribution is 2.40. The molecule has 3 nitrogen and oxygen atoms in total. The second-order valence-electron chi connectivity index (χ2n) is 5.59. The van der Waals surface area contributed by atoms with Crippen molar-refractivity contribution in [3.05, 3.63) is 65.2 Å². The summed E-state index contributed by atoms with van der Waals surface area (Å²) in [6.45, 7) is 0.702. The summed E-state index contributed by atoms with van der Waals surface area (Å²) in [4.78, 5) is 0. The second kappa shape index (κ2) is 4.62. The fourth-order valence-electron chi connectivity index (χ4n) is 3.38. The molecule has 0 aromatic heterocycles. The third kappa shape index (κ3) is 1.82. The number of rotatable bonds is 2. The van der Waals surface area contributed by atoms with Crippen LogP contribution in [0.25, 0.3) is 0 Å². The van der Waals surface area contributed by atoms with Crippen LogP contribution in [-0.2, 0) is 0 Å². The summed E-state index contributed by atoms with van der Waals surface area (Å²) in [6.07, 6.45) is 0.956. The lowest BCUT2D eigenvalue weighted by atomic mass is 10.0. The van der Waals surface area contributed by atoms with E-state index < -0.39 is 0 Å². The highest BCUT2D eigenvalue weighted by molar-refractivity contribution is 5.41. The van der Waals surface area contributed by atoms with E-state index in [0.717, 1.165) is 12.2 Å². The van der Waals surface area contributed by atoms with E-state index in [1.54, 1.807) is 0 Å². The van der Waals surface area contributed by atoms with Gasteiger partial charge in [-0.25, -0.2) is 0 Å². The molecule has 2 aromatic carbocycles. The third-order valence-corrected chi connectivity index (χ3v) is 4.36. The molecule has 1 heterocycles. The zero-order valence-electron chi connectivity index (χ0n) is 11.3. The molecule has 0 saturated carbocycles. The van der Waals surface area contributed by atoms with E-state index in [1.165, 1.54) is 16.7 Å². The van der Waals surface area contributed by atoms with Crippen LogP contribution >= 0.6 is 0 Å². The molecule has 0 saturated heterocycles. The van der Waals surface area contributed by atoms with Gasteiger partial charge in [0.25, 0.3) is 0 Å². The second-order valence-corrected chi connectivity index (χ2v) is 5.59. The molecular formula is C17H18N2O. The van der Waals surface area contributed by atoms with Gasteiger partial charge in [0.2, 0.25) is 0 Å². The Labute approximate surface area is 118 Å². The molecule has 3 unspecified atom stereocenters. The molecule has 2 aromatic rings. The number of hydrogen-bond donors (Lipinski definition) is 2. The largest absolute Gasteiger partial charge is 0.491 e. The molecule has 1 aliphatic heterocycles. The highest BCUT2D eigenvalue weighted by atomic mass is 16.5. The summed E-state index contributed by atoms with van der Waals surface area (Å²) in [5.74, 6) is 1.00. The minimum atomic E-state index is 0.140. The number of benzene rings is 2. The van der Waals surface area contributed by atoms with Crippen LogP contribution in [0.4, 0.5) is 0 Å². The van der Waals surface area contributed by atoms with Gasteiger partial charge in [-0.2, -0.15) is 0 Å². The van der Waals surface area contributed by atoms with Crippen molar-refractivity contribution in [1.29, 1.82) is 0 Å². The Morgan fingerprint density at radius 1 is 0.900 bits per heavy atom. The van der Waals surface area contributed by atoms with Crippen LogP contribution in [0.15, 0.2) is 48.5 Å². The lowest BCUT2D eigenvalue weighted by molar-refractivity contribution is 0.295. The standard InChI is InChI=1S/C17H18N2O/c18-14-9-15(12-6-2-1-5-11(12)14)19-16-10-20-17-8-4-3-7-13(16)17/h1-8,14-16,19H,9-10,18H2. The Morgan fingerprint density at radius 3 is 2.45 bits per heavy atom. The number of nitrogens with two attached hydrogens (primary N) is 1. The maximum Gasteiger partial charge on any atom is 0.124 e. The van der Waals surface area contributed by atoms with Crippen LogP contribution in [-0.4, -0.2) is 6.61 Å². The molecular weight excluding hydrogens is 248 g/mol. The van der Waals surface area contributed by atoms with Crippen molar-refractivity contribution in [2.75, 3.05) is 6.61 Å². The number of para-hydroxylation sites is 1. The van der Waals surface area contributed by atoms with E-state index in [-0.39, 0.29) is 12.1 Å². The molecule has 0 bridgehead atoms. The van der Waals surface area contributed by atoms with Crippen molar-refractivity contribution >= 4 is 0 Å². The van der Waals surface area contributed by atoms with Crippen LogP contribution < -0.4 is 15.8 Å². The first-order valence-electron chi connectivity index (χ1n) is 7.15. The molecule has 0 radical (unpaired) electrons. The van der Waals surface area contributed by atoms with Crippen LogP contribution in [0.3, 0.4) is 0 Å². The monoisotopic (exact) mass is 266 g/mol. The quantitative estimate of drug-likeness (QED) is 0.878. The summed E-state index contributed by atoms with van der Waals surface area (Å²) in [5, 5.41) is 3.72. The van der Waals surface area contributed by atoms with Gasteiger partial charge >= 0.3 is 0 Å². The van der Waals surface area contributed by atoms with Crippen molar-refractivity contribution in [3.63, 3.8) is 0 Å². The average molecular weight is 266 g/mol. The third-order valence-electron chi connectivity index (χ3n) is 4.36. The average Bonchev–Trinajstić information content (AvgIpc) is 3.03. The van der Waals surface area contributed by atoms with Crippen LogP contribution in [0.2, 0.25) is 0 Å². The first-order valence-corrected chi connectivity index (χ1v) is 7.15. The lowest BCUT2D eigenvalue weighted by Gasteiger charge is -2.19. The lowest BCUT2D eigenvalue weighted by Crippen LogP contribution is -2.26. The van der Waals surface area contributed by atoms with Gasteiger partial charge in [-0.05, 0) is 23.6 Å². The zero-order valence-corrected chi connectivity index (χ0v) is 11.3. The maximum atomic E-state index is 6.23. The Bertz CT molecular complexity index is 640. The normalized spacial score (nSPS) is 26.9. The van der Waals surface area contributed by atoms with Gasteiger partial charge < -0.3 is 10.5 Å². The van der Waals surface area contributed by atoms with Crippen LogP contribution in [0.5, 0.6) is 5.75 Å². The smallest absolute Gasteiger partial charge is 0.124 e. The number of hydrogen-bond acceptors (Lipinski definition) is 3. The summed E-state index contributed by atoms with van der Waals surface area (Å²) in [7, 11) is 0. The Morgan fingerprint density at radius 2 is 1.60 bits per heavy atom. The van der Waals surface area contributed by atoms with E-state index >= 15 is 0 Å². The Balaban J connectivity index is 1.60. The van der Waals surface area contributed by atoms with Gasteiger partial charge in [0.15, 0.2) is 0 Å². The fraction of sp³-hybridized carbons (Fsp3) is 0.294. The Kier molecular flexibility index (Phi) is 2.76. The van der Waals surface area contributed by atoms with Crippen LogP contribution in [0, 0.1) is 0 Å². The topological polar surface area (TPSA) is 47.3 Å². The van der Waals surface area contributed by atoms with E-state index in [2.05, 4.69) is 41.7 Å². The van der Waals surface area contributed by atoms with Gasteiger partial charge in [-0.15, -0.1) is 0 Å². The molecule has 0 spiro atoms. The summed E-state index contributed by atoms with van der Waals surface area (Å²) >= 11 is 0. The van der Waals surface area contributed by atoms with Crippen molar-refractivity contribution < 1.29 is 4.74 Å². The molecule has 102 valence electrons. The molecule has 0 amide bonds. The summed E-state index contributed by atoms with van der Waals surface area (Å²) in [5.41, 5.74) is 10.1. The minimum Gasteiger partial charge on any atom is -0.491 e. The van der Waals surface area contributed by atoms with Gasteiger partial charge in [-0.1, -0.05) is 42.5 Å². The minimum absolute atomic E-state index is 0.140.